The smallest absolute Gasteiger partial charge is 0.311 e. The van der Waals surface area contributed by atoms with Crippen molar-refractivity contribution in [3.05, 3.63) is 71.0 Å². The van der Waals surface area contributed by atoms with Gasteiger partial charge >= 0.3 is 5.97 Å². The fourth-order valence-corrected chi connectivity index (χ4v) is 3.47. The van der Waals surface area contributed by atoms with E-state index in [1.54, 1.807) is 12.1 Å². The van der Waals surface area contributed by atoms with Crippen molar-refractivity contribution in [3.63, 3.8) is 0 Å². The van der Waals surface area contributed by atoms with Crippen molar-refractivity contribution in [1.82, 2.24) is 0 Å². The van der Waals surface area contributed by atoms with Gasteiger partial charge in [0.25, 0.3) is 0 Å². The fourth-order valence-electron chi connectivity index (χ4n) is 3.47. The van der Waals surface area contributed by atoms with Crippen LogP contribution in [-0.2, 0) is 22.4 Å². The highest BCUT2D eigenvalue weighted by molar-refractivity contribution is 5.70. The summed E-state index contributed by atoms with van der Waals surface area (Å²) < 4.78 is 17.7. The maximum absolute atomic E-state index is 12.9. The van der Waals surface area contributed by atoms with Crippen molar-refractivity contribution in [2.45, 2.75) is 57.3 Å². The molecule has 5 nitrogen and oxygen atoms in total. The number of rotatable bonds is 13. The average Bonchev–Trinajstić information content (AvgIpc) is 2.74. The number of hydrogen-bond acceptors (Lipinski definition) is 4. The molecule has 0 aliphatic heterocycles. The van der Waals surface area contributed by atoms with Gasteiger partial charge in [-0.15, -0.1) is 0 Å². The van der Waals surface area contributed by atoms with Crippen LogP contribution >= 0.6 is 0 Å². The molecule has 0 saturated heterocycles. The quantitative estimate of drug-likeness (QED) is 0.334. The monoisotopic (exact) mass is 418 g/mol. The summed E-state index contributed by atoms with van der Waals surface area (Å²) in [6, 6.07) is 14.2. The molecule has 3 atom stereocenters. The Morgan fingerprint density at radius 1 is 0.900 bits per heavy atom. The van der Waals surface area contributed by atoms with Gasteiger partial charge in [0.2, 0.25) is 0 Å². The van der Waals surface area contributed by atoms with E-state index in [-0.39, 0.29) is 5.82 Å². The number of unbranched alkanes of at least 4 members (excludes halogenated alkanes) is 1. The van der Waals surface area contributed by atoms with E-state index in [2.05, 4.69) is 12.1 Å². The third kappa shape index (κ3) is 7.86. The number of methoxy groups -OCH3 is 1. The van der Waals surface area contributed by atoms with Gasteiger partial charge < -0.3 is 20.1 Å². The van der Waals surface area contributed by atoms with Gasteiger partial charge in [0.1, 0.15) is 11.7 Å². The first-order valence-electron chi connectivity index (χ1n) is 10.4. The molecule has 30 heavy (non-hydrogen) atoms. The molecule has 164 valence electrons. The molecule has 2 aromatic rings. The zero-order valence-corrected chi connectivity index (χ0v) is 17.3. The second-order valence-electron chi connectivity index (χ2n) is 7.59. The van der Waals surface area contributed by atoms with Crippen molar-refractivity contribution >= 4 is 5.97 Å². The highest BCUT2D eigenvalue weighted by Gasteiger charge is 2.25. The largest absolute Gasteiger partial charge is 0.481 e. The first-order chi connectivity index (χ1) is 14.4. The van der Waals surface area contributed by atoms with Gasteiger partial charge in [-0.1, -0.05) is 42.8 Å². The number of ether oxygens (including phenoxy) is 1. The summed E-state index contributed by atoms with van der Waals surface area (Å²) in [6.45, 7) is 0. The van der Waals surface area contributed by atoms with E-state index in [4.69, 9.17) is 9.84 Å². The lowest BCUT2D eigenvalue weighted by atomic mass is 9.97. The van der Waals surface area contributed by atoms with Gasteiger partial charge in [-0.25, -0.2) is 4.39 Å². The Morgan fingerprint density at radius 3 is 2.00 bits per heavy atom. The predicted molar refractivity (Wildman–Crippen MR) is 112 cm³/mol. The van der Waals surface area contributed by atoms with E-state index in [1.807, 2.05) is 12.1 Å². The van der Waals surface area contributed by atoms with E-state index in [0.717, 1.165) is 36.8 Å². The maximum Gasteiger partial charge on any atom is 0.311 e. The van der Waals surface area contributed by atoms with E-state index in [0.29, 0.717) is 19.3 Å². The van der Waals surface area contributed by atoms with Crippen LogP contribution in [0.5, 0.6) is 0 Å². The van der Waals surface area contributed by atoms with Gasteiger partial charge in [-0.3, -0.25) is 4.79 Å². The minimum absolute atomic E-state index is 0.302. The lowest BCUT2D eigenvalue weighted by Gasteiger charge is -2.17. The highest BCUT2D eigenvalue weighted by Crippen LogP contribution is 2.21. The molecule has 0 amide bonds. The van der Waals surface area contributed by atoms with Gasteiger partial charge in [0.05, 0.1) is 6.10 Å². The minimum Gasteiger partial charge on any atom is -0.481 e. The van der Waals surface area contributed by atoms with Gasteiger partial charge in [-0.2, -0.15) is 0 Å². The summed E-state index contributed by atoms with van der Waals surface area (Å²) in [5.41, 5.74) is 3.08. The number of carboxylic acid groups (broad SMARTS) is 1. The zero-order chi connectivity index (χ0) is 21.9. The Balaban J connectivity index is 1.69. The Hall–Kier alpha value is -2.28. The number of hydrogen-bond donors (Lipinski definition) is 3. The highest BCUT2D eigenvalue weighted by atomic mass is 19.1. The van der Waals surface area contributed by atoms with Crippen molar-refractivity contribution < 1.29 is 29.2 Å². The third-order valence-electron chi connectivity index (χ3n) is 5.35. The molecule has 2 rings (SSSR count). The summed E-state index contributed by atoms with van der Waals surface area (Å²) in [5, 5.41) is 28.9. The normalized spacial score (nSPS) is 14.3. The number of aryl methyl sites for hydroxylation is 2. The molecule has 0 aromatic heterocycles. The molecular formula is C24H31FO5. The molecule has 0 aliphatic carbocycles. The molecular weight excluding hydrogens is 387 g/mol. The van der Waals surface area contributed by atoms with Gasteiger partial charge in [0, 0.05) is 7.11 Å². The van der Waals surface area contributed by atoms with E-state index in [1.165, 1.54) is 24.8 Å². The summed E-state index contributed by atoms with van der Waals surface area (Å²) in [4.78, 5) is 11.2. The first-order valence-corrected chi connectivity index (χ1v) is 10.4. The summed E-state index contributed by atoms with van der Waals surface area (Å²) in [5.74, 6) is -2.27. The number of carbonyl (C=O) groups is 1. The summed E-state index contributed by atoms with van der Waals surface area (Å²) in [7, 11) is 1.29. The lowest BCUT2D eigenvalue weighted by molar-refractivity contribution is -0.164. The molecule has 0 radical (unpaired) electrons. The molecule has 3 unspecified atom stereocenters. The number of benzene rings is 2. The van der Waals surface area contributed by atoms with Crippen LogP contribution in [0.4, 0.5) is 4.39 Å². The van der Waals surface area contributed by atoms with Crippen molar-refractivity contribution in [3.8, 4) is 0 Å². The molecule has 0 fully saturated rings. The van der Waals surface area contributed by atoms with Crippen LogP contribution in [0, 0.1) is 11.7 Å². The Kier molecular flexibility index (Phi) is 9.94. The average molecular weight is 419 g/mol. The standard InChI is InChI=1S/C24H31FO5/c1-30-24(29)21(23(27)28)7-4-6-18-11-9-17(10-12-18)5-2-3-8-22(26)19-13-15-20(25)16-14-19/h9-16,21-22,24,26,29H,2-8H2,1H3,(H,27,28). The lowest BCUT2D eigenvalue weighted by Crippen LogP contribution is -2.29. The topological polar surface area (TPSA) is 87.0 Å². The Labute approximate surface area is 177 Å². The molecule has 3 N–H and O–H groups in total. The molecule has 0 bridgehead atoms. The number of aliphatic hydroxyl groups excluding tert-OH is 2. The van der Waals surface area contributed by atoms with E-state index in [9.17, 15) is 19.4 Å². The van der Waals surface area contributed by atoms with Crippen molar-refractivity contribution in [2.75, 3.05) is 7.11 Å². The summed E-state index contributed by atoms with van der Waals surface area (Å²) >= 11 is 0. The molecule has 2 aromatic carbocycles. The number of aliphatic carboxylic acids is 1. The molecule has 0 aliphatic rings. The van der Waals surface area contributed by atoms with Crippen LogP contribution in [0.2, 0.25) is 0 Å². The second-order valence-corrected chi connectivity index (χ2v) is 7.59. The first kappa shape index (κ1) is 24.0. The summed E-state index contributed by atoms with van der Waals surface area (Å²) in [6.07, 6.45) is 3.26. The van der Waals surface area contributed by atoms with Crippen molar-refractivity contribution in [2.24, 2.45) is 5.92 Å². The number of carboxylic acids is 1. The molecule has 0 spiro atoms. The number of halogens is 1. The second kappa shape index (κ2) is 12.4. The van der Waals surface area contributed by atoms with E-state index < -0.39 is 24.3 Å². The minimum atomic E-state index is -1.29. The van der Waals surface area contributed by atoms with Gasteiger partial charge in [-0.05, 0) is 67.3 Å². The van der Waals surface area contributed by atoms with Crippen LogP contribution < -0.4 is 0 Å². The maximum atomic E-state index is 12.9. The van der Waals surface area contributed by atoms with Crippen LogP contribution in [0.25, 0.3) is 0 Å². The van der Waals surface area contributed by atoms with Gasteiger partial charge in [0.15, 0.2) is 6.29 Å². The third-order valence-corrected chi connectivity index (χ3v) is 5.35. The van der Waals surface area contributed by atoms with Crippen LogP contribution in [0.3, 0.4) is 0 Å². The van der Waals surface area contributed by atoms with Crippen LogP contribution in [0.15, 0.2) is 48.5 Å². The molecule has 6 heteroatoms. The van der Waals surface area contributed by atoms with E-state index >= 15 is 0 Å². The Bertz CT molecular complexity index is 760. The predicted octanol–water partition coefficient (Wildman–Crippen LogP) is 4.26. The Morgan fingerprint density at radius 2 is 1.47 bits per heavy atom. The van der Waals surface area contributed by atoms with Crippen LogP contribution in [0.1, 0.15) is 54.9 Å². The molecule has 0 saturated carbocycles. The zero-order valence-electron chi connectivity index (χ0n) is 17.3. The van der Waals surface area contributed by atoms with Crippen molar-refractivity contribution in [1.29, 1.82) is 0 Å². The molecule has 0 heterocycles. The SMILES string of the molecule is COC(O)C(CCCc1ccc(CCCCC(O)c2ccc(F)cc2)cc1)C(=O)O. The van der Waals surface area contributed by atoms with Crippen LogP contribution in [-0.4, -0.2) is 34.7 Å². The number of aliphatic hydroxyl groups is 2. The fraction of sp³-hybridized carbons (Fsp3) is 0.458.